The van der Waals surface area contributed by atoms with Crippen LogP contribution in [0.5, 0.6) is 0 Å². The highest BCUT2D eigenvalue weighted by Gasteiger charge is 2.08. The highest BCUT2D eigenvalue weighted by Crippen LogP contribution is 2.20. The van der Waals surface area contributed by atoms with Gasteiger partial charge < -0.3 is 10.6 Å². The van der Waals surface area contributed by atoms with Crippen molar-refractivity contribution in [1.82, 2.24) is 4.98 Å². The van der Waals surface area contributed by atoms with Gasteiger partial charge in [-0.15, -0.1) is 0 Å². The number of aromatic nitrogens is 1. The van der Waals surface area contributed by atoms with Crippen LogP contribution >= 0.6 is 0 Å². The van der Waals surface area contributed by atoms with Crippen molar-refractivity contribution >= 4 is 23.0 Å². The van der Waals surface area contributed by atoms with E-state index in [2.05, 4.69) is 22.5 Å². The van der Waals surface area contributed by atoms with Gasteiger partial charge in [0.25, 0.3) is 5.91 Å². The lowest BCUT2D eigenvalue weighted by molar-refractivity contribution is 0.102. The normalized spacial score (nSPS) is 10.3. The summed E-state index contributed by atoms with van der Waals surface area (Å²) in [5.41, 5.74) is 5.44. The summed E-state index contributed by atoms with van der Waals surface area (Å²) in [4.78, 5) is 16.6. The molecule has 4 nitrogen and oxygen atoms in total. The van der Waals surface area contributed by atoms with Crippen LogP contribution in [0, 0.1) is 6.92 Å². The second kappa shape index (κ2) is 7.62. The van der Waals surface area contributed by atoms with Crippen LogP contribution in [-0.4, -0.2) is 10.9 Å². The van der Waals surface area contributed by atoms with Gasteiger partial charge in [-0.05, 0) is 48.7 Å². The van der Waals surface area contributed by atoms with Crippen molar-refractivity contribution in [2.75, 3.05) is 10.6 Å². The first-order valence-electron chi connectivity index (χ1n) is 8.33. The molecule has 0 saturated heterocycles. The molecule has 0 bridgehead atoms. The van der Waals surface area contributed by atoms with Crippen LogP contribution in [0.1, 0.15) is 28.4 Å². The Hall–Kier alpha value is -3.14. The Labute approximate surface area is 147 Å². The molecule has 0 aliphatic heterocycles. The highest BCUT2D eigenvalue weighted by molar-refractivity contribution is 6.04. The number of nitrogens with zero attached hydrogens (tertiary/aromatic N) is 1. The van der Waals surface area contributed by atoms with Gasteiger partial charge in [0.2, 0.25) is 0 Å². The molecule has 0 unspecified atom stereocenters. The Kier molecular flexibility index (Phi) is 5.09. The fourth-order valence-corrected chi connectivity index (χ4v) is 2.53. The molecule has 1 amide bonds. The standard InChI is InChI=1S/C21H21N3O/c1-3-16-8-10-18(11-9-16)24-21(25)17-12-19(14-22-13-17)23-20-7-5-4-6-15(20)2/h4-14,23H,3H2,1-2H3,(H,24,25). The summed E-state index contributed by atoms with van der Waals surface area (Å²) >= 11 is 0. The minimum absolute atomic E-state index is 0.176. The molecule has 2 N–H and O–H groups in total. The molecule has 3 aromatic rings. The molecule has 0 aliphatic carbocycles. The zero-order chi connectivity index (χ0) is 17.6. The van der Waals surface area contributed by atoms with Crippen molar-refractivity contribution in [3.8, 4) is 0 Å². The van der Waals surface area contributed by atoms with E-state index in [-0.39, 0.29) is 5.91 Å². The maximum absolute atomic E-state index is 12.5. The maximum Gasteiger partial charge on any atom is 0.257 e. The van der Waals surface area contributed by atoms with Crippen molar-refractivity contribution in [3.63, 3.8) is 0 Å². The smallest absolute Gasteiger partial charge is 0.257 e. The first-order valence-corrected chi connectivity index (χ1v) is 8.33. The molecule has 1 heterocycles. The quantitative estimate of drug-likeness (QED) is 0.695. The number of carbonyl (C=O) groups is 1. The molecule has 0 aliphatic rings. The number of pyridine rings is 1. The number of benzene rings is 2. The van der Waals surface area contributed by atoms with Gasteiger partial charge in [-0.25, -0.2) is 0 Å². The molecule has 4 heteroatoms. The van der Waals surface area contributed by atoms with E-state index in [4.69, 9.17) is 0 Å². The molecule has 1 aromatic heterocycles. The molecule has 25 heavy (non-hydrogen) atoms. The van der Waals surface area contributed by atoms with E-state index in [9.17, 15) is 4.79 Å². The Balaban J connectivity index is 1.74. The van der Waals surface area contributed by atoms with Crippen LogP contribution in [0.3, 0.4) is 0 Å². The predicted octanol–water partition coefficient (Wildman–Crippen LogP) is 4.95. The second-order valence-corrected chi connectivity index (χ2v) is 5.91. The largest absolute Gasteiger partial charge is 0.354 e. The molecule has 3 rings (SSSR count). The lowest BCUT2D eigenvalue weighted by Gasteiger charge is -2.10. The van der Waals surface area contributed by atoms with E-state index in [1.165, 1.54) is 5.56 Å². The van der Waals surface area contributed by atoms with E-state index in [0.717, 1.165) is 29.0 Å². The van der Waals surface area contributed by atoms with Gasteiger partial charge >= 0.3 is 0 Å². The SMILES string of the molecule is CCc1ccc(NC(=O)c2cncc(Nc3ccccc3C)c2)cc1. The van der Waals surface area contributed by atoms with E-state index in [0.29, 0.717) is 5.56 Å². The maximum atomic E-state index is 12.5. The summed E-state index contributed by atoms with van der Waals surface area (Å²) in [5.74, 6) is -0.176. The number of para-hydroxylation sites is 1. The van der Waals surface area contributed by atoms with Gasteiger partial charge in [0.1, 0.15) is 0 Å². The monoisotopic (exact) mass is 331 g/mol. The van der Waals surface area contributed by atoms with E-state index in [1.807, 2.05) is 55.5 Å². The van der Waals surface area contributed by atoms with Crippen LogP contribution < -0.4 is 10.6 Å². The van der Waals surface area contributed by atoms with Crippen LogP contribution in [0.15, 0.2) is 67.0 Å². The Morgan fingerprint density at radius 2 is 1.76 bits per heavy atom. The third-order valence-corrected chi connectivity index (χ3v) is 4.04. The zero-order valence-corrected chi connectivity index (χ0v) is 14.4. The van der Waals surface area contributed by atoms with Gasteiger partial charge in [0.05, 0.1) is 17.4 Å². The summed E-state index contributed by atoms with van der Waals surface area (Å²) in [5, 5.41) is 6.21. The fraction of sp³-hybridized carbons (Fsp3) is 0.143. The van der Waals surface area contributed by atoms with Crippen molar-refractivity contribution in [2.24, 2.45) is 0 Å². The van der Waals surface area contributed by atoms with Gasteiger partial charge in [-0.3, -0.25) is 9.78 Å². The average Bonchev–Trinajstić information content (AvgIpc) is 2.64. The summed E-state index contributed by atoms with van der Waals surface area (Å²) in [6.45, 7) is 4.14. The van der Waals surface area contributed by atoms with Crippen LogP contribution in [0.4, 0.5) is 17.1 Å². The molecular weight excluding hydrogens is 310 g/mol. The van der Waals surface area contributed by atoms with Crippen LogP contribution in [0.25, 0.3) is 0 Å². The van der Waals surface area contributed by atoms with Gasteiger partial charge in [-0.1, -0.05) is 37.3 Å². The number of carbonyl (C=O) groups excluding carboxylic acids is 1. The van der Waals surface area contributed by atoms with Crippen molar-refractivity contribution in [1.29, 1.82) is 0 Å². The lowest BCUT2D eigenvalue weighted by Crippen LogP contribution is -2.12. The summed E-state index contributed by atoms with van der Waals surface area (Å²) in [7, 11) is 0. The molecule has 0 atom stereocenters. The van der Waals surface area contributed by atoms with Gasteiger partial charge in [0.15, 0.2) is 0 Å². The molecular formula is C21H21N3O. The number of hydrogen-bond donors (Lipinski definition) is 2. The first-order chi connectivity index (χ1) is 12.2. The van der Waals surface area contributed by atoms with Gasteiger partial charge in [-0.2, -0.15) is 0 Å². The summed E-state index contributed by atoms with van der Waals surface area (Å²) in [6.07, 6.45) is 4.25. The first kappa shape index (κ1) is 16.7. The molecule has 2 aromatic carbocycles. The van der Waals surface area contributed by atoms with Crippen molar-refractivity contribution in [3.05, 3.63) is 83.7 Å². The molecule has 0 fully saturated rings. The summed E-state index contributed by atoms with van der Waals surface area (Å²) < 4.78 is 0. The lowest BCUT2D eigenvalue weighted by atomic mass is 10.1. The zero-order valence-electron chi connectivity index (χ0n) is 14.4. The second-order valence-electron chi connectivity index (χ2n) is 5.91. The molecule has 126 valence electrons. The number of anilines is 3. The number of nitrogens with one attached hydrogen (secondary N) is 2. The molecule has 0 spiro atoms. The Morgan fingerprint density at radius 1 is 1.00 bits per heavy atom. The van der Waals surface area contributed by atoms with E-state index in [1.54, 1.807) is 18.5 Å². The number of aryl methyl sites for hydroxylation is 2. The molecule has 0 radical (unpaired) electrons. The van der Waals surface area contributed by atoms with Crippen molar-refractivity contribution in [2.45, 2.75) is 20.3 Å². The minimum Gasteiger partial charge on any atom is -0.354 e. The third-order valence-electron chi connectivity index (χ3n) is 4.04. The number of rotatable bonds is 5. The predicted molar refractivity (Wildman–Crippen MR) is 102 cm³/mol. The van der Waals surface area contributed by atoms with Crippen LogP contribution in [-0.2, 0) is 6.42 Å². The topological polar surface area (TPSA) is 54.0 Å². The average molecular weight is 331 g/mol. The van der Waals surface area contributed by atoms with Crippen LogP contribution in [0.2, 0.25) is 0 Å². The fourth-order valence-electron chi connectivity index (χ4n) is 2.53. The molecule has 0 saturated carbocycles. The van der Waals surface area contributed by atoms with Gasteiger partial charge in [0, 0.05) is 17.6 Å². The van der Waals surface area contributed by atoms with E-state index < -0.39 is 0 Å². The minimum atomic E-state index is -0.176. The number of hydrogen-bond acceptors (Lipinski definition) is 3. The van der Waals surface area contributed by atoms with Crippen molar-refractivity contribution < 1.29 is 4.79 Å². The van der Waals surface area contributed by atoms with E-state index >= 15 is 0 Å². The Morgan fingerprint density at radius 3 is 2.48 bits per heavy atom. The summed E-state index contributed by atoms with van der Waals surface area (Å²) in [6, 6.07) is 17.7. The third kappa shape index (κ3) is 4.23. The Bertz CT molecular complexity index is 872. The highest BCUT2D eigenvalue weighted by atomic mass is 16.1. The number of amides is 1.